The largest absolute Gasteiger partial charge is 0.452 e. The number of rotatable bonds is 12. The van der Waals surface area contributed by atoms with E-state index in [1.54, 1.807) is 6.08 Å². The summed E-state index contributed by atoms with van der Waals surface area (Å²) >= 11 is 0. The normalized spacial score (nSPS) is 41.6. The molecule has 3 heterocycles. The Kier molecular flexibility index (Phi) is 8.84. The van der Waals surface area contributed by atoms with E-state index in [1.165, 1.54) is 0 Å². The van der Waals surface area contributed by atoms with Crippen LogP contribution in [0.25, 0.3) is 0 Å². The zero-order valence-electron chi connectivity index (χ0n) is 31.0. The van der Waals surface area contributed by atoms with Crippen molar-refractivity contribution in [3.8, 4) is 0 Å². The molecule has 9 rings (SSSR count). The molecular weight excluding hydrogens is 656 g/mol. The summed E-state index contributed by atoms with van der Waals surface area (Å²) in [5.74, 6) is 1.21. The lowest BCUT2D eigenvalue weighted by atomic mass is 9.42. The molecule has 3 saturated carbocycles. The molecule has 3 aliphatic heterocycles. The third kappa shape index (κ3) is 4.90. The highest BCUT2D eigenvalue weighted by molar-refractivity contribution is 5.87. The van der Waals surface area contributed by atoms with Gasteiger partial charge in [-0.25, -0.2) is 0 Å². The molecule has 3 saturated heterocycles. The van der Waals surface area contributed by atoms with Crippen molar-refractivity contribution in [3.63, 3.8) is 0 Å². The first-order valence-electron chi connectivity index (χ1n) is 19.7. The van der Waals surface area contributed by atoms with E-state index in [1.807, 2.05) is 43.3 Å². The average Bonchev–Trinajstić information content (AvgIpc) is 3.41. The van der Waals surface area contributed by atoms with Gasteiger partial charge in [-0.1, -0.05) is 106 Å². The second kappa shape index (κ2) is 13.2. The van der Waals surface area contributed by atoms with Gasteiger partial charge in [-0.15, -0.1) is 6.58 Å². The van der Waals surface area contributed by atoms with Gasteiger partial charge in [-0.05, 0) is 66.9 Å². The molecule has 2 aromatic carbocycles. The first kappa shape index (κ1) is 34.9. The van der Waals surface area contributed by atoms with Crippen LogP contribution in [0.3, 0.4) is 0 Å². The topological polar surface area (TPSA) is 85.0 Å². The molecule has 0 spiro atoms. The first-order valence-corrected chi connectivity index (χ1v) is 19.7. The number of fused-ring (bicyclic) bond motifs is 3. The Balaban J connectivity index is 1.16. The van der Waals surface area contributed by atoms with Crippen molar-refractivity contribution in [2.75, 3.05) is 26.4 Å². The van der Waals surface area contributed by atoms with Crippen molar-refractivity contribution >= 4 is 5.97 Å². The smallest absolute Gasteiger partial charge is 0.318 e. The molecular formula is C44H54O8. The van der Waals surface area contributed by atoms with Crippen LogP contribution in [0, 0.1) is 45.8 Å². The number of allylic oxidation sites excluding steroid dienone is 1. The molecule has 0 N–H and O–H groups in total. The number of carbonyl (C=O) groups is 1. The molecule has 12 atom stereocenters. The van der Waals surface area contributed by atoms with Crippen LogP contribution < -0.4 is 0 Å². The van der Waals surface area contributed by atoms with Crippen molar-refractivity contribution in [1.29, 1.82) is 0 Å². The number of hydrogen-bond donors (Lipinski definition) is 0. The summed E-state index contributed by atoms with van der Waals surface area (Å²) in [7, 11) is 0. The standard InChI is InChI=1S/C44H54O8/c1-6-19-46-35-28(5)50-39(38-37(35)51-38)49-25-42-24-32-27(4)17-18-33(32)43(41-47-20-21-48-41)23-31(42)22-34(26(2)3)44(42,43)40(45)52-36(29-13-9-7-10-14-29)30-15-11-8-12-16-30/h6-16,22,26-28,31-33,35-39,41H,1,17-21,23-25H2,2-5H3/t27?,28-,31?,32?,33?,35+,37+,38+,39-,42?,43?,44?/m1/s1. The third-order valence-corrected chi connectivity index (χ3v) is 14.2. The summed E-state index contributed by atoms with van der Waals surface area (Å²) in [5, 5.41) is 0. The van der Waals surface area contributed by atoms with Gasteiger partial charge in [0.15, 0.2) is 18.7 Å². The van der Waals surface area contributed by atoms with Crippen LogP contribution in [0.2, 0.25) is 0 Å². The minimum atomic E-state index is -1.03. The molecule has 0 amide bonds. The van der Waals surface area contributed by atoms with Crippen molar-refractivity contribution in [2.45, 2.75) is 96.5 Å². The van der Waals surface area contributed by atoms with Gasteiger partial charge in [0.1, 0.15) is 23.7 Å². The lowest BCUT2D eigenvalue weighted by Gasteiger charge is -2.62. The Morgan fingerprint density at radius 3 is 2.27 bits per heavy atom. The van der Waals surface area contributed by atoms with Crippen LogP contribution in [0.5, 0.6) is 0 Å². The Hall–Kier alpha value is -2.85. The fourth-order valence-corrected chi connectivity index (χ4v) is 12.3. The summed E-state index contributed by atoms with van der Waals surface area (Å²) < 4.78 is 46.1. The van der Waals surface area contributed by atoms with Crippen LogP contribution >= 0.6 is 0 Å². The zero-order valence-corrected chi connectivity index (χ0v) is 31.0. The van der Waals surface area contributed by atoms with Crippen LogP contribution in [-0.4, -0.2) is 69.4 Å². The number of esters is 1. The predicted molar refractivity (Wildman–Crippen MR) is 194 cm³/mol. The number of epoxide rings is 1. The summed E-state index contributed by atoms with van der Waals surface area (Å²) in [6, 6.07) is 20.3. The van der Waals surface area contributed by atoms with Crippen LogP contribution in [0.15, 0.2) is 85.0 Å². The highest BCUT2D eigenvalue weighted by atomic mass is 16.8. The molecule has 8 nitrogen and oxygen atoms in total. The van der Waals surface area contributed by atoms with Gasteiger partial charge < -0.3 is 33.2 Å². The second-order valence-corrected chi connectivity index (χ2v) is 16.9. The minimum Gasteiger partial charge on any atom is -0.452 e. The van der Waals surface area contributed by atoms with E-state index in [-0.39, 0.29) is 48.1 Å². The van der Waals surface area contributed by atoms with Gasteiger partial charge >= 0.3 is 5.97 Å². The Labute approximate surface area is 308 Å². The Morgan fingerprint density at radius 1 is 0.923 bits per heavy atom. The highest BCUT2D eigenvalue weighted by Gasteiger charge is 2.87. The maximum atomic E-state index is 16.2. The van der Waals surface area contributed by atoms with E-state index in [9.17, 15) is 0 Å². The molecule has 0 radical (unpaired) electrons. The highest BCUT2D eigenvalue weighted by Crippen LogP contribution is 2.84. The lowest BCUT2D eigenvalue weighted by Crippen LogP contribution is -2.67. The summed E-state index contributed by atoms with van der Waals surface area (Å²) in [6.07, 6.45) is 5.74. The van der Waals surface area contributed by atoms with Crippen LogP contribution in [-0.2, 0) is 38.0 Å². The predicted octanol–water partition coefficient (Wildman–Crippen LogP) is 7.43. The zero-order chi connectivity index (χ0) is 35.8. The fourth-order valence-electron chi connectivity index (χ4n) is 12.3. The van der Waals surface area contributed by atoms with Crippen molar-refractivity contribution in [3.05, 3.63) is 96.1 Å². The summed E-state index contributed by atoms with van der Waals surface area (Å²) in [5.41, 5.74) is 0.843. The minimum absolute atomic E-state index is 0.0859. The molecule has 0 aromatic heterocycles. The Bertz CT molecular complexity index is 1630. The molecule has 8 heteroatoms. The maximum Gasteiger partial charge on any atom is 0.318 e. The third-order valence-electron chi connectivity index (χ3n) is 14.2. The monoisotopic (exact) mass is 710 g/mol. The quantitative estimate of drug-likeness (QED) is 0.128. The van der Waals surface area contributed by atoms with Gasteiger partial charge in [0.2, 0.25) is 0 Å². The van der Waals surface area contributed by atoms with Crippen molar-refractivity contribution in [1.82, 2.24) is 0 Å². The lowest BCUT2D eigenvalue weighted by molar-refractivity contribution is -0.265. The summed E-state index contributed by atoms with van der Waals surface area (Å²) in [4.78, 5) is 16.2. The number of benzene rings is 2. The first-order chi connectivity index (χ1) is 25.3. The second-order valence-electron chi connectivity index (χ2n) is 16.9. The molecule has 2 aromatic rings. The molecule has 7 aliphatic rings. The maximum absolute atomic E-state index is 16.2. The van der Waals surface area contributed by atoms with E-state index < -0.39 is 34.9 Å². The number of carbonyl (C=O) groups excluding carboxylic acids is 1. The molecule has 4 aliphatic carbocycles. The van der Waals surface area contributed by atoms with E-state index in [2.05, 4.69) is 57.7 Å². The Morgan fingerprint density at radius 2 is 1.62 bits per heavy atom. The van der Waals surface area contributed by atoms with Gasteiger partial charge in [-0.3, -0.25) is 4.79 Å². The van der Waals surface area contributed by atoms with Crippen molar-refractivity contribution in [2.24, 2.45) is 45.8 Å². The van der Waals surface area contributed by atoms with Gasteiger partial charge in [0.25, 0.3) is 0 Å². The van der Waals surface area contributed by atoms with E-state index in [4.69, 9.17) is 33.2 Å². The SMILES string of the molecule is C=CCO[C@@H]1[C@@H]2O[C@@H]2[C@H](OCC23CC4C(C)CCC4C4(C5OCCO5)CC2C=C(C(C)C)C34C(=O)OC(c2ccccc2)c2ccccc2)O[C@@H]1C. The molecule has 52 heavy (non-hydrogen) atoms. The number of hydrogen-bond acceptors (Lipinski definition) is 8. The van der Waals surface area contributed by atoms with E-state index >= 15 is 4.79 Å². The van der Waals surface area contributed by atoms with Crippen molar-refractivity contribution < 1.29 is 38.0 Å². The van der Waals surface area contributed by atoms with E-state index in [0.717, 1.165) is 42.4 Å². The van der Waals surface area contributed by atoms with Crippen LogP contribution in [0.4, 0.5) is 0 Å². The van der Waals surface area contributed by atoms with Gasteiger partial charge in [0.05, 0.1) is 32.5 Å². The van der Waals surface area contributed by atoms with Gasteiger partial charge in [-0.2, -0.15) is 0 Å². The fraction of sp³-hybridized carbons (Fsp3) is 0.614. The van der Waals surface area contributed by atoms with Gasteiger partial charge in [0, 0.05) is 10.8 Å². The number of ether oxygens (including phenoxy) is 7. The average molecular weight is 711 g/mol. The van der Waals surface area contributed by atoms with E-state index in [0.29, 0.717) is 38.3 Å². The molecule has 278 valence electrons. The molecule has 7 unspecified atom stereocenters. The summed E-state index contributed by atoms with van der Waals surface area (Å²) in [6.45, 7) is 14.5. The molecule has 4 bridgehead atoms. The molecule has 6 fully saturated rings. The van der Waals surface area contributed by atoms with Crippen LogP contribution in [0.1, 0.15) is 70.6 Å².